The Morgan fingerprint density at radius 2 is 1.23 bits per heavy atom. The van der Waals surface area contributed by atoms with Crippen molar-refractivity contribution in [2.24, 2.45) is 0 Å². The fraction of sp³-hybridized carbons (Fsp3) is 0.0256. The van der Waals surface area contributed by atoms with Gasteiger partial charge in [0, 0.05) is 21.7 Å². The van der Waals surface area contributed by atoms with Crippen LogP contribution in [-0.4, -0.2) is 9.38 Å². The van der Waals surface area contributed by atoms with Crippen molar-refractivity contribution in [2.75, 3.05) is 0 Å². The van der Waals surface area contributed by atoms with E-state index in [0.717, 1.165) is 60.6 Å². The van der Waals surface area contributed by atoms with Crippen molar-refractivity contribution in [2.45, 2.75) is 6.92 Å². The summed E-state index contributed by atoms with van der Waals surface area (Å²) in [4.78, 5) is 19.5. The lowest BCUT2D eigenvalue weighted by molar-refractivity contribution is 1.19. The molecule has 5 nitrogen and oxygen atoms in total. The normalized spacial score (nSPS) is 11.3. The molecular formula is C39H22N4O. The fourth-order valence-electron chi connectivity index (χ4n) is 6.29. The van der Waals surface area contributed by atoms with E-state index in [1.54, 1.807) is 4.40 Å². The Labute approximate surface area is 252 Å². The van der Waals surface area contributed by atoms with Crippen molar-refractivity contribution in [3.8, 4) is 45.5 Å². The Morgan fingerprint density at radius 1 is 0.614 bits per heavy atom. The van der Waals surface area contributed by atoms with Gasteiger partial charge in [-0.15, -0.1) is 0 Å². The number of imidazole rings is 1. The second kappa shape index (κ2) is 9.63. The standard InChI is InChI=1S/C39H22N4O/c1-23-5-11-26(12-6-23)29-19-34(28-15-9-25(22-41)10-16-28)37-35(20-29)43-38(42-37)32-18-17-30(27-13-7-24(21-40)8-14-27)31-3-2-4-33(36(31)32)39(43)44/h2-20H,1H3. The summed E-state index contributed by atoms with van der Waals surface area (Å²) in [6.07, 6.45) is 0. The van der Waals surface area contributed by atoms with Gasteiger partial charge in [0.2, 0.25) is 0 Å². The van der Waals surface area contributed by atoms with E-state index in [9.17, 15) is 15.3 Å². The molecule has 8 rings (SSSR count). The molecule has 204 valence electrons. The quantitative estimate of drug-likeness (QED) is 0.216. The minimum atomic E-state index is -0.121. The third-order valence-electron chi connectivity index (χ3n) is 8.51. The molecule has 0 bridgehead atoms. The van der Waals surface area contributed by atoms with Crippen LogP contribution in [0.1, 0.15) is 16.7 Å². The van der Waals surface area contributed by atoms with E-state index in [0.29, 0.717) is 22.2 Å². The highest BCUT2D eigenvalue weighted by molar-refractivity contribution is 6.19. The molecule has 8 aromatic rings. The van der Waals surface area contributed by atoms with Crippen LogP contribution in [0.5, 0.6) is 0 Å². The molecule has 0 radical (unpaired) electrons. The number of nitriles is 2. The van der Waals surface area contributed by atoms with Crippen LogP contribution in [0.3, 0.4) is 0 Å². The lowest BCUT2D eigenvalue weighted by atomic mass is 9.94. The van der Waals surface area contributed by atoms with Gasteiger partial charge in [-0.3, -0.25) is 9.20 Å². The SMILES string of the molecule is Cc1ccc(-c2cc(-c3ccc(C#N)cc3)c3nc4c5ccc(-c6ccc(C#N)cc6)c6cccc(c(=O)n4c3c2)c65)cc1. The highest BCUT2D eigenvalue weighted by Gasteiger charge is 2.21. The van der Waals surface area contributed by atoms with Crippen LogP contribution in [-0.2, 0) is 0 Å². The molecular weight excluding hydrogens is 540 g/mol. The van der Waals surface area contributed by atoms with E-state index >= 15 is 0 Å². The Bertz CT molecular complexity index is 2570. The minimum absolute atomic E-state index is 0.121. The van der Waals surface area contributed by atoms with Gasteiger partial charge in [-0.2, -0.15) is 10.5 Å². The van der Waals surface area contributed by atoms with Crippen molar-refractivity contribution < 1.29 is 0 Å². The van der Waals surface area contributed by atoms with Crippen molar-refractivity contribution in [1.82, 2.24) is 9.38 Å². The van der Waals surface area contributed by atoms with Crippen LogP contribution in [0.15, 0.2) is 120 Å². The van der Waals surface area contributed by atoms with E-state index in [4.69, 9.17) is 4.98 Å². The second-order valence-corrected chi connectivity index (χ2v) is 11.1. The van der Waals surface area contributed by atoms with Gasteiger partial charge in [0.25, 0.3) is 5.56 Å². The van der Waals surface area contributed by atoms with E-state index in [1.165, 1.54) is 5.56 Å². The van der Waals surface area contributed by atoms with Gasteiger partial charge in [0.15, 0.2) is 0 Å². The molecule has 0 aliphatic rings. The third-order valence-corrected chi connectivity index (χ3v) is 8.51. The van der Waals surface area contributed by atoms with Crippen molar-refractivity contribution in [1.29, 1.82) is 10.5 Å². The number of benzene rings is 6. The lowest BCUT2D eigenvalue weighted by Crippen LogP contribution is -2.13. The summed E-state index contributed by atoms with van der Waals surface area (Å²) in [5, 5.41) is 22.0. The van der Waals surface area contributed by atoms with E-state index in [2.05, 4.69) is 61.5 Å². The maximum absolute atomic E-state index is 14.4. The summed E-state index contributed by atoms with van der Waals surface area (Å²) in [6, 6.07) is 41.9. The zero-order valence-electron chi connectivity index (χ0n) is 23.7. The molecule has 0 atom stereocenters. The van der Waals surface area contributed by atoms with Crippen molar-refractivity contribution >= 4 is 38.2 Å². The van der Waals surface area contributed by atoms with Gasteiger partial charge in [-0.25, -0.2) is 4.98 Å². The van der Waals surface area contributed by atoms with Gasteiger partial charge in [0.05, 0.1) is 34.3 Å². The summed E-state index contributed by atoms with van der Waals surface area (Å²) in [5.41, 5.74) is 10.1. The zero-order valence-corrected chi connectivity index (χ0v) is 23.7. The monoisotopic (exact) mass is 562 g/mol. The molecule has 2 aromatic heterocycles. The van der Waals surface area contributed by atoms with E-state index < -0.39 is 0 Å². The number of pyridine rings is 1. The minimum Gasteiger partial charge on any atom is -0.268 e. The molecule has 5 heteroatoms. The smallest absolute Gasteiger partial charge is 0.264 e. The average molecular weight is 563 g/mol. The molecule has 0 saturated heterocycles. The summed E-state index contributed by atoms with van der Waals surface area (Å²) < 4.78 is 1.75. The number of rotatable bonds is 3. The molecule has 2 heterocycles. The molecule has 0 spiro atoms. The van der Waals surface area contributed by atoms with Crippen LogP contribution in [0.4, 0.5) is 0 Å². The first-order chi connectivity index (χ1) is 21.5. The van der Waals surface area contributed by atoms with Gasteiger partial charge in [0.1, 0.15) is 5.65 Å². The Balaban J connectivity index is 1.48. The molecule has 44 heavy (non-hydrogen) atoms. The van der Waals surface area contributed by atoms with Gasteiger partial charge in [-0.1, -0.05) is 72.3 Å². The Kier molecular flexibility index (Phi) is 5.56. The van der Waals surface area contributed by atoms with Crippen LogP contribution < -0.4 is 5.56 Å². The largest absolute Gasteiger partial charge is 0.268 e. The molecule has 0 aliphatic heterocycles. The van der Waals surface area contributed by atoms with Crippen molar-refractivity contribution in [3.05, 3.63) is 142 Å². The molecule has 0 N–H and O–H groups in total. The van der Waals surface area contributed by atoms with Crippen LogP contribution >= 0.6 is 0 Å². The van der Waals surface area contributed by atoms with Crippen LogP contribution in [0.25, 0.3) is 71.6 Å². The first-order valence-corrected chi connectivity index (χ1v) is 14.3. The predicted octanol–water partition coefficient (Wildman–Crippen LogP) is 8.64. The van der Waals surface area contributed by atoms with E-state index in [-0.39, 0.29) is 5.56 Å². The summed E-state index contributed by atoms with van der Waals surface area (Å²) in [6.45, 7) is 2.06. The summed E-state index contributed by atoms with van der Waals surface area (Å²) in [7, 11) is 0. The van der Waals surface area contributed by atoms with E-state index in [1.807, 2.05) is 72.8 Å². The number of fused-ring (bicyclic) bond motifs is 4. The maximum Gasteiger partial charge on any atom is 0.264 e. The zero-order chi connectivity index (χ0) is 29.9. The first kappa shape index (κ1) is 25.4. The molecule has 0 unspecified atom stereocenters. The molecule has 6 aromatic carbocycles. The number of nitrogens with zero attached hydrogens (tertiary/aromatic N) is 4. The topological polar surface area (TPSA) is 81.9 Å². The molecule has 0 amide bonds. The Hall–Kier alpha value is -6.30. The van der Waals surface area contributed by atoms with Gasteiger partial charge in [-0.05, 0) is 88.7 Å². The highest BCUT2D eigenvalue weighted by atomic mass is 16.1. The number of aromatic nitrogens is 2. The van der Waals surface area contributed by atoms with Crippen LogP contribution in [0.2, 0.25) is 0 Å². The Morgan fingerprint density at radius 3 is 1.89 bits per heavy atom. The third kappa shape index (κ3) is 3.78. The summed E-state index contributed by atoms with van der Waals surface area (Å²) in [5.74, 6) is 0. The summed E-state index contributed by atoms with van der Waals surface area (Å²) >= 11 is 0. The van der Waals surface area contributed by atoms with Crippen molar-refractivity contribution in [3.63, 3.8) is 0 Å². The molecule has 0 fully saturated rings. The maximum atomic E-state index is 14.4. The lowest BCUT2D eigenvalue weighted by Gasteiger charge is -2.12. The number of hydrogen-bond acceptors (Lipinski definition) is 4. The first-order valence-electron chi connectivity index (χ1n) is 14.3. The number of aryl methyl sites for hydroxylation is 1. The second-order valence-electron chi connectivity index (χ2n) is 11.1. The molecule has 0 aliphatic carbocycles. The predicted molar refractivity (Wildman–Crippen MR) is 176 cm³/mol. The van der Waals surface area contributed by atoms with Gasteiger partial charge >= 0.3 is 0 Å². The number of hydrogen-bond donors (Lipinski definition) is 0. The van der Waals surface area contributed by atoms with Crippen LogP contribution in [0, 0.1) is 29.6 Å². The van der Waals surface area contributed by atoms with Gasteiger partial charge < -0.3 is 0 Å². The highest BCUT2D eigenvalue weighted by Crippen LogP contribution is 2.39. The molecule has 0 saturated carbocycles. The average Bonchev–Trinajstić information content (AvgIpc) is 3.47. The fourth-order valence-corrected chi connectivity index (χ4v) is 6.29.